The van der Waals surface area contributed by atoms with Crippen molar-refractivity contribution in [1.82, 2.24) is 14.5 Å². The molecule has 0 aromatic carbocycles. The van der Waals surface area contributed by atoms with E-state index in [4.69, 9.17) is 0 Å². The molecule has 5 heterocycles. The van der Waals surface area contributed by atoms with Crippen molar-refractivity contribution in [2.75, 3.05) is 24.6 Å². The molecule has 2 aliphatic heterocycles. The Labute approximate surface area is 154 Å². The highest BCUT2D eigenvalue weighted by Gasteiger charge is 2.41. The number of piperidine rings is 1. The van der Waals surface area contributed by atoms with Crippen molar-refractivity contribution in [2.24, 2.45) is 5.92 Å². The Balaban J connectivity index is 1.61. The normalized spacial score (nSPS) is 24.7. The van der Waals surface area contributed by atoms with Gasteiger partial charge in [-0.3, -0.25) is 4.79 Å². The lowest BCUT2D eigenvalue weighted by Crippen LogP contribution is -2.50. The van der Waals surface area contributed by atoms with E-state index in [9.17, 15) is 9.90 Å². The third-order valence-electron chi connectivity index (χ3n) is 5.80. The maximum atomic E-state index is 12.4. The number of rotatable bonds is 2. The standard InChI is InChI=1S/C19H20N4O2S/c1-11-9-26-18-17(11)20-10-21-19(18)22-6-12-5-13(7-22)15(8-24)23-14(12)3-2-4-16(23)25/h2-4,9-10,12-13,15,24H,5-8H2,1H3/t12-,13+,15+/m1/s1. The minimum atomic E-state index is -0.167. The van der Waals surface area contributed by atoms with Crippen molar-refractivity contribution in [2.45, 2.75) is 25.3 Å². The van der Waals surface area contributed by atoms with E-state index in [1.807, 2.05) is 16.7 Å². The zero-order valence-electron chi connectivity index (χ0n) is 14.5. The molecule has 26 heavy (non-hydrogen) atoms. The van der Waals surface area contributed by atoms with Crippen LogP contribution in [0.3, 0.4) is 0 Å². The highest BCUT2D eigenvalue weighted by molar-refractivity contribution is 7.18. The Hall–Kier alpha value is -2.25. The zero-order valence-corrected chi connectivity index (χ0v) is 15.3. The van der Waals surface area contributed by atoms with E-state index in [0.29, 0.717) is 0 Å². The van der Waals surface area contributed by atoms with E-state index in [1.54, 1.807) is 23.7 Å². The number of aromatic nitrogens is 3. The first-order valence-electron chi connectivity index (χ1n) is 8.93. The Kier molecular flexibility index (Phi) is 3.62. The van der Waals surface area contributed by atoms with Crippen LogP contribution in [0.2, 0.25) is 0 Å². The Morgan fingerprint density at radius 3 is 3.04 bits per heavy atom. The molecule has 0 amide bonds. The van der Waals surface area contributed by atoms with Crippen LogP contribution in [0.1, 0.15) is 29.6 Å². The fraction of sp³-hybridized carbons (Fsp3) is 0.421. The van der Waals surface area contributed by atoms with Gasteiger partial charge in [0.2, 0.25) is 0 Å². The predicted molar refractivity (Wildman–Crippen MR) is 102 cm³/mol. The van der Waals surface area contributed by atoms with Crippen molar-refractivity contribution in [3.05, 3.63) is 51.5 Å². The maximum Gasteiger partial charge on any atom is 0.251 e. The van der Waals surface area contributed by atoms with Crippen LogP contribution >= 0.6 is 11.3 Å². The highest BCUT2D eigenvalue weighted by Crippen LogP contribution is 2.43. The predicted octanol–water partition coefficient (Wildman–Crippen LogP) is 2.32. The molecule has 0 spiro atoms. The molecule has 7 heteroatoms. The summed E-state index contributed by atoms with van der Waals surface area (Å²) in [7, 11) is 0. The zero-order chi connectivity index (χ0) is 17.8. The second-order valence-corrected chi connectivity index (χ2v) is 8.18. The number of thiophene rings is 1. The van der Waals surface area contributed by atoms with Crippen molar-refractivity contribution in [3.63, 3.8) is 0 Å². The van der Waals surface area contributed by atoms with Gasteiger partial charge in [0.1, 0.15) is 12.1 Å². The first-order valence-corrected chi connectivity index (χ1v) is 9.81. The summed E-state index contributed by atoms with van der Waals surface area (Å²) in [6, 6.07) is 5.28. The maximum absolute atomic E-state index is 12.4. The lowest BCUT2D eigenvalue weighted by atomic mass is 9.78. The number of aryl methyl sites for hydroxylation is 1. The van der Waals surface area contributed by atoms with Gasteiger partial charge in [-0.2, -0.15) is 0 Å². The monoisotopic (exact) mass is 368 g/mol. The SMILES string of the molecule is Cc1csc2c(N3C[C@H]4C[C@@H](C3)[C@H](CO)n3c4cccc3=O)ncnc12. The summed E-state index contributed by atoms with van der Waals surface area (Å²) in [6.07, 6.45) is 2.65. The lowest BCUT2D eigenvalue weighted by Gasteiger charge is -2.46. The van der Waals surface area contributed by atoms with Gasteiger partial charge in [-0.15, -0.1) is 11.3 Å². The van der Waals surface area contributed by atoms with Gasteiger partial charge in [-0.05, 0) is 30.4 Å². The molecule has 0 unspecified atom stereocenters. The fourth-order valence-electron chi connectivity index (χ4n) is 4.63. The molecule has 5 rings (SSSR count). The van der Waals surface area contributed by atoms with Gasteiger partial charge in [0.15, 0.2) is 0 Å². The minimum absolute atomic E-state index is 0.0111. The van der Waals surface area contributed by atoms with E-state index >= 15 is 0 Å². The number of fused-ring (bicyclic) bond motifs is 5. The molecule has 2 aliphatic rings. The minimum Gasteiger partial charge on any atom is -0.394 e. The molecular formula is C19H20N4O2S. The molecule has 134 valence electrons. The van der Waals surface area contributed by atoms with Gasteiger partial charge < -0.3 is 14.6 Å². The number of anilines is 1. The molecular weight excluding hydrogens is 348 g/mol. The van der Waals surface area contributed by atoms with Crippen molar-refractivity contribution >= 4 is 27.4 Å². The number of aliphatic hydroxyl groups is 1. The first-order chi connectivity index (χ1) is 12.7. The average Bonchev–Trinajstić information content (AvgIpc) is 3.04. The van der Waals surface area contributed by atoms with Crippen LogP contribution in [0.25, 0.3) is 10.2 Å². The van der Waals surface area contributed by atoms with Crippen LogP contribution in [0.15, 0.2) is 34.7 Å². The molecule has 0 aliphatic carbocycles. The van der Waals surface area contributed by atoms with Crippen LogP contribution in [0, 0.1) is 12.8 Å². The number of hydrogen-bond acceptors (Lipinski definition) is 6. The van der Waals surface area contributed by atoms with Crippen LogP contribution in [0.4, 0.5) is 5.82 Å². The third kappa shape index (κ3) is 2.23. The number of aliphatic hydroxyl groups excluding tert-OH is 1. The van der Waals surface area contributed by atoms with Crippen LogP contribution in [0.5, 0.6) is 0 Å². The molecule has 1 saturated heterocycles. The molecule has 3 aromatic heterocycles. The van der Waals surface area contributed by atoms with Gasteiger partial charge in [-0.25, -0.2) is 9.97 Å². The fourth-order valence-corrected chi connectivity index (χ4v) is 5.65. The largest absolute Gasteiger partial charge is 0.394 e. The summed E-state index contributed by atoms with van der Waals surface area (Å²) in [6.45, 7) is 3.69. The summed E-state index contributed by atoms with van der Waals surface area (Å²) in [4.78, 5) is 23.8. The molecule has 1 N–H and O–H groups in total. The van der Waals surface area contributed by atoms with Crippen LogP contribution in [-0.2, 0) is 0 Å². The summed E-state index contributed by atoms with van der Waals surface area (Å²) >= 11 is 1.69. The second-order valence-electron chi connectivity index (χ2n) is 7.30. The third-order valence-corrected chi connectivity index (χ3v) is 6.88. The summed E-state index contributed by atoms with van der Waals surface area (Å²) in [5.74, 6) is 1.49. The Bertz CT molecular complexity index is 1040. The first kappa shape index (κ1) is 16.0. The van der Waals surface area contributed by atoms with E-state index in [1.165, 1.54) is 5.56 Å². The molecule has 3 aromatic rings. The highest BCUT2D eigenvalue weighted by atomic mass is 32.1. The van der Waals surface area contributed by atoms with Gasteiger partial charge >= 0.3 is 0 Å². The van der Waals surface area contributed by atoms with Gasteiger partial charge in [0, 0.05) is 36.7 Å². The summed E-state index contributed by atoms with van der Waals surface area (Å²) in [5.41, 5.74) is 3.22. The quantitative estimate of drug-likeness (QED) is 0.752. The van der Waals surface area contributed by atoms with Gasteiger partial charge in [0.05, 0.1) is 22.9 Å². The molecule has 3 atom stereocenters. The number of pyridine rings is 1. The lowest BCUT2D eigenvalue weighted by molar-refractivity contribution is 0.132. The molecule has 6 nitrogen and oxygen atoms in total. The molecule has 2 bridgehead atoms. The van der Waals surface area contributed by atoms with E-state index in [0.717, 1.165) is 41.2 Å². The molecule has 0 saturated carbocycles. The van der Waals surface area contributed by atoms with Gasteiger partial charge in [0.25, 0.3) is 5.56 Å². The number of nitrogens with zero attached hydrogens (tertiary/aromatic N) is 4. The molecule has 1 fully saturated rings. The van der Waals surface area contributed by atoms with Crippen LogP contribution in [-0.4, -0.2) is 39.3 Å². The topological polar surface area (TPSA) is 71.2 Å². The van der Waals surface area contributed by atoms with Crippen molar-refractivity contribution in [1.29, 1.82) is 0 Å². The average molecular weight is 368 g/mol. The van der Waals surface area contributed by atoms with E-state index in [2.05, 4.69) is 27.2 Å². The smallest absolute Gasteiger partial charge is 0.251 e. The Morgan fingerprint density at radius 2 is 2.19 bits per heavy atom. The van der Waals surface area contributed by atoms with Crippen molar-refractivity contribution < 1.29 is 5.11 Å². The van der Waals surface area contributed by atoms with E-state index in [-0.39, 0.29) is 30.0 Å². The Morgan fingerprint density at radius 1 is 1.31 bits per heavy atom. The summed E-state index contributed by atoms with van der Waals surface area (Å²) < 4.78 is 2.94. The summed E-state index contributed by atoms with van der Waals surface area (Å²) in [5, 5.41) is 12.1. The van der Waals surface area contributed by atoms with Crippen molar-refractivity contribution in [3.8, 4) is 0 Å². The van der Waals surface area contributed by atoms with E-state index < -0.39 is 0 Å². The van der Waals surface area contributed by atoms with Crippen LogP contribution < -0.4 is 10.5 Å². The number of hydrogen-bond donors (Lipinski definition) is 1. The van der Waals surface area contributed by atoms with Gasteiger partial charge in [-0.1, -0.05) is 6.07 Å². The molecule has 0 radical (unpaired) electrons. The second kappa shape index (κ2) is 5.89.